The fourth-order valence-corrected chi connectivity index (χ4v) is 4.07. The Morgan fingerprint density at radius 1 is 1.37 bits per heavy atom. The first-order valence-electron chi connectivity index (χ1n) is 10.2. The number of likely N-dealkylation sites (tertiary alicyclic amines) is 1. The Labute approximate surface area is 162 Å². The van der Waals surface area contributed by atoms with Crippen LogP contribution in [0.4, 0.5) is 0 Å². The quantitative estimate of drug-likeness (QED) is 0.745. The highest BCUT2D eigenvalue weighted by Gasteiger charge is 2.42. The summed E-state index contributed by atoms with van der Waals surface area (Å²) in [5.74, 6) is 0.0947. The third-order valence-electron chi connectivity index (χ3n) is 5.92. The first kappa shape index (κ1) is 20.1. The Kier molecular flexibility index (Phi) is 6.71. The minimum Gasteiger partial charge on any atom is -0.370 e. The van der Waals surface area contributed by atoms with Gasteiger partial charge in [0.25, 0.3) is 0 Å². The van der Waals surface area contributed by atoms with Crippen LogP contribution >= 0.6 is 0 Å². The number of carbonyl (C=O) groups excluding carboxylic acids is 1. The molecular weight excluding hydrogens is 340 g/mol. The van der Waals surface area contributed by atoms with E-state index in [2.05, 4.69) is 35.2 Å². The standard InChI is InChI=1S/C21H34N4O2/c1-17(2)8-13-25-14-10-21(11-15-25)9-6-19(27-21)16-22-20(26)5-4-18-7-12-23-24(18)3/h7-8,12,19H,4-6,9-11,13-16H2,1-3H3,(H,22,26). The van der Waals surface area contributed by atoms with Gasteiger partial charge >= 0.3 is 0 Å². The SMILES string of the molecule is CC(C)=CCN1CCC2(CCC(CNC(=O)CCc3ccnn3C)O2)CC1. The summed E-state index contributed by atoms with van der Waals surface area (Å²) in [4.78, 5) is 14.6. The average Bonchev–Trinajstić information content (AvgIpc) is 3.24. The average molecular weight is 375 g/mol. The number of hydrogen-bond acceptors (Lipinski definition) is 4. The lowest BCUT2D eigenvalue weighted by atomic mass is 9.88. The van der Waals surface area contributed by atoms with E-state index in [1.54, 1.807) is 6.20 Å². The first-order valence-corrected chi connectivity index (χ1v) is 10.2. The Hall–Kier alpha value is -1.66. The lowest BCUT2D eigenvalue weighted by Crippen LogP contribution is -2.45. The topological polar surface area (TPSA) is 59.4 Å². The van der Waals surface area contributed by atoms with E-state index in [1.807, 2.05) is 17.8 Å². The van der Waals surface area contributed by atoms with Gasteiger partial charge < -0.3 is 10.1 Å². The van der Waals surface area contributed by atoms with Crippen molar-refractivity contribution in [3.05, 3.63) is 29.6 Å². The van der Waals surface area contributed by atoms with E-state index in [1.165, 1.54) is 5.57 Å². The van der Waals surface area contributed by atoms with Crippen LogP contribution in [0.3, 0.4) is 0 Å². The fraction of sp³-hybridized carbons (Fsp3) is 0.714. The summed E-state index contributed by atoms with van der Waals surface area (Å²) in [6, 6.07) is 1.96. The number of carbonyl (C=O) groups is 1. The molecule has 0 aliphatic carbocycles. The molecule has 0 bridgehead atoms. The van der Waals surface area contributed by atoms with E-state index in [0.717, 1.165) is 57.4 Å². The number of ether oxygens (including phenoxy) is 1. The Balaban J connectivity index is 1.35. The van der Waals surface area contributed by atoms with Gasteiger partial charge in [0.1, 0.15) is 0 Å². The Bertz CT molecular complexity index is 655. The van der Waals surface area contributed by atoms with Gasteiger partial charge in [-0.3, -0.25) is 14.4 Å². The molecule has 2 aliphatic heterocycles. The summed E-state index contributed by atoms with van der Waals surface area (Å²) in [5.41, 5.74) is 2.51. The van der Waals surface area contributed by atoms with Crippen LogP contribution in [0.25, 0.3) is 0 Å². The summed E-state index contributed by atoms with van der Waals surface area (Å²) in [6.45, 7) is 8.20. The molecule has 2 fully saturated rings. The van der Waals surface area contributed by atoms with Crippen LogP contribution in [0.1, 0.15) is 51.6 Å². The highest BCUT2D eigenvalue weighted by Crippen LogP contribution is 2.38. The number of nitrogens with zero attached hydrogens (tertiary/aromatic N) is 3. The van der Waals surface area contributed by atoms with Gasteiger partial charge in [0.05, 0.1) is 11.7 Å². The molecule has 2 saturated heterocycles. The van der Waals surface area contributed by atoms with Crippen LogP contribution in [0.5, 0.6) is 0 Å². The van der Waals surface area contributed by atoms with E-state index in [9.17, 15) is 4.79 Å². The molecule has 1 amide bonds. The summed E-state index contributed by atoms with van der Waals surface area (Å²) in [6.07, 6.45) is 9.84. The zero-order valence-corrected chi connectivity index (χ0v) is 17.0. The molecule has 0 aromatic carbocycles. The van der Waals surface area contributed by atoms with Crippen LogP contribution < -0.4 is 5.32 Å². The molecule has 0 saturated carbocycles. The minimum absolute atomic E-state index is 0.0472. The van der Waals surface area contributed by atoms with Crippen LogP contribution in [-0.2, 0) is 23.0 Å². The highest BCUT2D eigenvalue weighted by atomic mass is 16.5. The van der Waals surface area contributed by atoms with Crippen LogP contribution in [-0.4, -0.2) is 58.5 Å². The van der Waals surface area contributed by atoms with Gasteiger partial charge in [-0.25, -0.2) is 0 Å². The molecule has 6 heteroatoms. The monoisotopic (exact) mass is 374 g/mol. The zero-order chi connectivity index (χ0) is 19.3. The molecule has 0 radical (unpaired) electrons. The number of aryl methyl sites for hydroxylation is 2. The summed E-state index contributed by atoms with van der Waals surface area (Å²) in [7, 11) is 1.91. The highest BCUT2D eigenvalue weighted by molar-refractivity contribution is 5.76. The first-order chi connectivity index (χ1) is 13.0. The number of piperidine rings is 1. The number of amides is 1. The van der Waals surface area contributed by atoms with Crippen molar-refractivity contribution in [1.29, 1.82) is 0 Å². The van der Waals surface area contributed by atoms with Gasteiger partial charge in [0.2, 0.25) is 5.91 Å². The van der Waals surface area contributed by atoms with Crippen molar-refractivity contribution in [1.82, 2.24) is 20.0 Å². The molecule has 1 N–H and O–H groups in total. The zero-order valence-electron chi connectivity index (χ0n) is 17.0. The van der Waals surface area contributed by atoms with Gasteiger partial charge in [-0.15, -0.1) is 0 Å². The molecule has 1 spiro atoms. The molecule has 3 heterocycles. The van der Waals surface area contributed by atoms with Crippen molar-refractivity contribution in [2.24, 2.45) is 7.05 Å². The maximum Gasteiger partial charge on any atom is 0.220 e. The molecule has 150 valence electrons. The van der Waals surface area contributed by atoms with Crippen molar-refractivity contribution in [3.63, 3.8) is 0 Å². The van der Waals surface area contributed by atoms with Gasteiger partial charge in [-0.05, 0) is 52.0 Å². The summed E-state index contributed by atoms with van der Waals surface area (Å²) < 4.78 is 8.23. The van der Waals surface area contributed by atoms with Gasteiger partial charge in [-0.2, -0.15) is 5.10 Å². The molecule has 2 aliphatic rings. The fourth-order valence-electron chi connectivity index (χ4n) is 4.07. The predicted octanol–water partition coefficient (Wildman–Crippen LogP) is 2.45. The van der Waals surface area contributed by atoms with Crippen molar-refractivity contribution in [3.8, 4) is 0 Å². The molecule has 6 nitrogen and oxygen atoms in total. The van der Waals surface area contributed by atoms with Gasteiger partial charge in [-0.1, -0.05) is 11.6 Å². The third kappa shape index (κ3) is 5.66. The largest absolute Gasteiger partial charge is 0.370 e. The van der Waals surface area contributed by atoms with Crippen LogP contribution in [0, 0.1) is 0 Å². The Morgan fingerprint density at radius 2 is 2.15 bits per heavy atom. The van der Waals surface area contributed by atoms with Crippen molar-refractivity contribution >= 4 is 5.91 Å². The minimum atomic E-state index is 0.0472. The van der Waals surface area contributed by atoms with Crippen molar-refractivity contribution in [2.75, 3.05) is 26.2 Å². The number of hydrogen-bond donors (Lipinski definition) is 1. The molecule has 1 aromatic heterocycles. The van der Waals surface area contributed by atoms with Crippen LogP contribution in [0.2, 0.25) is 0 Å². The number of nitrogens with one attached hydrogen (secondary N) is 1. The summed E-state index contributed by atoms with van der Waals surface area (Å²) >= 11 is 0. The maximum absolute atomic E-state index is 12.1. The second-order valence-electron chi connectivity index (χ2n) is 8.29. The summed E-state index contributed by atoms with van der Waals surface area (Å²) in [5, 5.41) is 7.19. The van der Waals surface area contributed by atoms with Crippen LogP contribution in [0.15, 0.2) is 23.9 Å². The van der Waals surface area contributed by atoms with Crippen molar-refractivity contribution < 1.29 is 9.53 Å². The lowest BCUT2D eigenvalue weighted by molar-refractivity contribution is -0.122. The van der Waals surface area contributed by atoms with E-state index >= 15 is 0 Å². The molecule has 1 unspecified atom stereocenters. The maximum atomic E-state index is 12.1. The van der Waals surface area contributed by atoms with E-state index in [-0.39, 0.29) is 17.6 Å². The smallest absolute Gasteiger partial charge is 0.220 e. The second kappa shape index (κ2) is 9.02. The van der Waals surface area contributed by atoms with E-state index < -0.39 is 0 Å². The molecular formula is C21H34N4O2. The predicted molar refractivity (Wildman–Crippen MR) is 106 cm³/mol. The molecule has 1 atom stereocenters. The third-order valence-corrected chi connectivity index (χ3v) is 5.92. The second-order valence-corrected chi connectivity index (χ2v) is 8.29. The number of aromatic nitrogens is 2. The Morgan fingerprint density at radius 3 is 2.81 bits per heavy atom. The van der Waals surface area contributed by atoms with E-state index in [0.29, 0.717) is 13.0 Å². The van der Waals surface area contributed by atoms with E-state index in [4.69, 9.17) is 4.74 Å². The van der Waals surface area contributed by atoms with Crippen molar-refractivity contribution in [2.45, 2.75) is 64.1 Å². The van der Waals surface area contributed by atoms with Gasteiger partial charge in [0, 0.05) is 51.5 Å². The number of allylic oxidation sites excluding steroid dienone is 1. The molecule has 27 heavy (non-hydrogen) atoms. The molecule has 1 aromatic rings. The number of rotatable bonds is 7. The van der Waals surface area contributed by atoms with Gasteiger partial charge in [0.15, 0.2) is 0 Å². The molecule has 3 rings (SSSR count). The normalized spacial score (nSPS) is 22.1. The lowest BCUT2D eigenvalue weighted by Gasteiger charge is -2.39.